The molecule has 0 aliphatic carbocycles. The molecule has 138 valence electrons. The van der Waals surface area contributed by atoms with Gasteiger partial charge in [0.05, 0.1) is 6.10 Å². The Morgan fingerprint density at radius 2 is 1.88 bits per heavy atom. The van der Waals surface area contributed by atoms with Crippen LogP contribution in [0.25, 0.3) is 0 Å². The predicted octanol–water partition coefficient (Wildman–Crippen LogP) is 3.22. The zero-order valence-corrected chi connectivity index (χ0v) is 17.6. The van der Waals surface area contributed by atoms with Crippen LogP contribution in [0.4, 0.5) is 0 Å². The zero-order valence-electron chi connectivity index (χ0n) is 15.2. The highest BCUT2D eigenvalue weighted by Crippen LogP contribution is 2.14. The molecule has 0 bridgehead atoms. The minimum Gasteiger partial charge on any atom is -0.381 e. The maximum atomic E-state index is 5.56. The molecular formula is C18H32IN3O2. The summed E-state index contributed by atoms with van der Waals surface area (Å²) in [7, 11) is 3.50. The maximum absolute atomic E-state index is 5.56. The smallest absolute Gasteiger partial charge is 0.191 e. The van der Waals surface area contributed by atoms with E-state index in [9.17, 15) is 0 Å². The van der Waals surface area contributed by atoms with E-state index in [4.69, 9.17) is 9.47 Å². The van der Waals surface area contributed by atoms with E-state index in [-0.39, 0.29) is 30.1 Å². The van der Waals surface area contributed by atoms with Crippen molar-refractivity contribution in [2.75, 3.05) is 40.5 Å². The van der Waals surface area contributed by atoms with E-state index >= 15 is 0 Å². The summed E-state index contributed by atoms with van der Waals surface area (Å²) in [6, 6.07) is 10.2. The number of aliphatic imine (C=N–C) groups is 1. The first-order chi connectivity index (χ1) is 11.2. The van der Waals surface area contributed by atoms with Gasteiger partial charge in [-0.05, 0) is 17.9 Å². The van der Waals surface area contributed by atoms with E-state index < -0.39 is 0 Å². The monoisotopic (exact) mass is 449 g/mol. The second-order valence-corrected chi connectivity index (χ2v) is 5.84. The summed E-state index contributed by atoms with van der Waals surface area (Å²) in [5.41, 5.74) is 1.15. The highest BCUT2D eigenvalue weighted by atomic mass is 127. The van der Waals surface area contributed by atoms with Crippen molar-refractivity contribution < 1.29 is 9.47 Å². The Morgan fingerprint density at radius 1 is 1.17 bits per heavy atom. The minimum absolute atomic E-state index is 0. The molecule has 0 spiro atoms. The molecule has 0 saturated heterocycles. The molecule has 5 nitrogen and oxygen atoms in total. The standard InChI is InChI=1S/C18H31N3O2.HI/c1-15(2)14-23-12-8-11-20-18(19-3)21-13-17(22-4)16-9-6-5-7-10-16;/h5-7,9-10,15,17H,8,11-14H2,1-4H3,(H2,19,20,21);1H. The first kappa shape index (κ1) is 23.1. The van der Waals surface area contributed by atoms with Gasteiger partial charge in [0.1, 0.15) is 0 Å². The molecule has 6 heteroatoms. The zero-order chi connectivity index (χ0) is 16.9. The fraction of sp³-hybridized carbons (Fsp3) is 0.611. The van der Waals surface area contributed by atoms with E-state index in [1.807, 2.05) is 18.2 Å². The van der Waals surface area contributed by atoms with Gasteiger partial charge in [-0.3, -0.25) is 4.99 Å². The summed E-state index contributed by atoms with van der Waals surface area (Å²) < 4.78 is 11.1. The number of hydrogen-bond donors (Lipinski definition) is 2. The van der Waals surface area contributed by atoms with Crippen LogP contribution in [-0.2, 0) is 9.47 Å². The molecule has 1 aromatic carbocycles. The van der Waals surface area contributed by atoms with Crippen molar-refractivity contribution in [3.63, 3.8) is 0 Å². The molecular weight excluding hydrogens is 417 g/mol. The summed E-state index contributed by atoms with van der Waals surface area (Å²) in [5, 5.41) is 6.59. The van der Waals surface area contributed by atoms with Gasteiger partial charge in [0.25, 0.3) is 0 Å². The fourth-order valence-electron chi connectivity index (χ4n) is 2.11. The van der Waals surface area contributed by atoms with Crippen LogP contribution in [0.2, 0.25) is 0 Å². The SMILES string of the molecule is CN=C(NCCCOCC(C)C)NCC(OC)c1ccccc1.I. The average Bonchev–Trinajstić information content (AvgIpc) is 2.57. The lowest BCUT2D eigenvalue weighted by atomic mass is 10.1. The molecule has 1 aromatic rings. The Bertz CT molecular complexity index is 441. The summed E-state index contributed by atoms with van der Waals surface area (Å²) in [5.74, 6) is 1.37. The van der Waals surface area contributed by atoms with Crippen LogP contribution < -0.4 is 10.6 Å². The molecule has 1 rings (SSSR count). The van der Waals surface area contributed by atoms with Gasteiger partial charge in [-0.2, -0.15) is 0 Å². The quantitative estimate of drug-likeness (QED) is 0.249. The van der Waals surface area contributed by atoms with Gasteiger partial charge in [0, 0.05) is 40.5 Å². The summed E-state index contributed by atoms with van der Waals surface area (Å²) in [6.07, 6.45) is 0.962. The fourth-order valence-corrected chi connectivity index (χ4v) is 2.11. The number of hydrogen-bond acceptors (Lipinski definition) is 3. The molecule has 0 fully saturated rings. The number of halogens is 1. The van der Waals surface area contributed by atoms with Gasteiger partial charge < -0.3 is 20.1 Å². The van der Waals surface area contributed by atoms with Crippen LogP contribution in [-0.4, -0.2) is 46.4 Å². The molecule has 2 N–H and O–H groups in total. The molecule has 0 heterocycles. The van der Waals surface area contributed by atoms with Gasteiger partial charge in [-0.25, -0.2) is 0 Å². The predicted molar refractivity (Wildman–Crippen MR) is 111 cm³/mol. The van der Waals surface area contributed by atoms with Crippen molar-refractivity contribution in [2.45, 2.75) is 26.4 Å². The third kappa shape index (κ3) is 10.1. The molecule has 0 saturated carbocycles. The Hall–Kier alpha value is -0.860. The number of nitrogens with zero attached hydrogens (tertiary/aromatic N) is 1. The molecule has 0 amide bonds. The van der Waals surface area contributed by atoms with Gasteiger partial charge in [0.2, 0.25) is 0 Å². The van der Waals surface area contributed by atoms with E-state index in [0.29, 0.717) is 12.5 Å². The van der Waals surface area contributed by atoms with Crippen molar-refractivity contribution in [1.29, 1.82) is 0 Å². The van der Waals surface area contributed by atoms with E-state index in [2.05, 4.69) is 41.6 Å². The molecule has 0 aliphatic rings. The molecule has 1 unspecified atom stereocenters. The number of rotatable bonds is 10. The molecule has 0 aliphatic heterocycles. The molecule has 1 atom stereocenters. The third-order valence-electron chi connectivity index (χ3n) is 3.34. The Morgan fingerprint density at radius 3 is 2.46 bits per heavy atom. The molecule has 24 heavy (non-hydrogen) atoms. The Labute approximate surface area is 163 Å². The van der Waals surface area contributed by atoms with E-state index in [1.54, 1.807) is 14.2 Å². The number of guanidine groups is 1. The minimum atomic E-state index is 0. The number of benzene rings is 1. The van der Waals surface area contributed by atoms with Crippen molar-refractivity contribution >= 4 is 29.9 Å². The van der Waals surface area contributed by atoms with Gasteiger partial charge in [0.15, 0.2) is 5.96 Å². The van der Waals surface area contributed by atoms with Crippen LogP contribution >= 0.6 is 24.0 Å². The van der Waals surface area contributed by atoms with Crippen LogP contribution in [0.3, 0.4) is 0 Å². The highest BCUT2D eigenvalue weighted by molar-refractivity contribution is 14.0. The van der Waals surface area contributed by atoms with Crippen molar-refractivity contribution in [3.05, 3.63) is 35.9 Å². The van der Waals surface area contributed by atoms with E-state index in [0.717, 1.165) is 37.7 Å². The molecule has 0 aromatic heterocycles. The second kappa shape index (κ2) is 14.5. The summed E-state index contributed by atoms with van der Waals surface area (Å²) in [4.78, 5) is 4.23. The normalized spacial score (nSPS) is 12.6. The summed E-state index contributed by atoms with van der Waals surface area (Å²) in [6.45, 7) is 7.41. The van der Waals surface area contributed by atoms with Crippen molar-refractivity contribution in [2.24, 2.45) is 10.9 Å². The lowest BCUT2D eigenvalue weighted by Gasteiger charge is -2.18. The largest absolute Gasteiger partial charge is 0.381 e. The van der Waals surface area contributed by atoms with Crippen molar-refractivity contribution in [1.82, 2.24) is 10.6 Å². The number of nitrogens with one attached hydrogen (secondary N) is 2. The average molecular weight is 449 g/mol. The lowest BCUT2D eigenvalue weighted by Crippen LogP contribution is -2.40. The summed E-state index contributed by atoms with van der Waals surface area (Å²) >= 11 is 0. The number of ether oxygens (including phenoxy) is 2. The van der Waals surface area contributed by atoms with Crippen LogP contribution in [0.1, 0.15) is 31.9 Å². The van der Waals surface area contributed by atoms with Gasteiger partial charge in [-0.1, -0.05) is 44.2 Å². The number of methoxy groups -OCH3 is 1. The van der Waals surface area contributed by atoms with Crippen LogP contribution in [0.5, 0.6) is 0 Å². The topological polar surface area (TPSA) is 54.9 Å². The first-order valence-corrected chi connectivity index (χ1v) is 8.27. The first-order valence-electron chi connectivity index (χ1n) is 8.27. The van der Waals surface area contributed by atoms with Gasteiger partial charge >= 0.3 is 0 Å². The Balaban J connectivity index is 0.00000529. The van der Waals surface area contributed by atoms with Crippen LogP contribution in [0, 0.1) is 5.92 Å². The third-order valence-corrected chi connectivity index (χ3v) is 3.34. The Kier molecular flexibility index (Phi) is 14.0. The van der Waals surface area contributed by atoms with Crippen molar-refractivity contribution in [3.8, 4) is 0 Å². The lowest BCUT2D eigenvalue weighted by molar-refractivity contribution is 0.106. The molecule has 0 radical (unpaired) electrons. The van der Waals surface area contributed by atoms with Crippen LogP contribution in [0.15, 0.2) is 35.3 Å². The maximum Gasteiger partial charge on any atom is 0.191 e. The highest BCUT2D eigenvalue weighted by Gasteiger charge is 2.10. The van der Waals surface area contributed by atoms with Gasteiger partial charge in [-0.15, -0.1) is 24.0 Å². The second-order valence-electron chi connectivity index (χ2n) is 5.84. The van der Waals surface area contributed by atoms with E-state index in [1.165, 1.54) is 0 Å².